The van der Waals surface area contributed by atoms with Crippen molar-refractivity contribution in [2.24, 2.45) is 5.73 Å². The Labute approximate surface area is 127 Å². The second-order valence-electron chi connectivity index (χ2n) is 4.27. The molecule has 2 aromatic heterocycles. The number of nitrogens with zero attached hydrogens (tertiary/aromatic N) is 2. The van der Waals surface area contributed by atoms with Gasteiger partial charge in [0.15, 0.2) is 11.6 Å². The molecular formula is C14H15N5OS. The monoisotopic (exact) mass is 301 g/mol. The molecule has 0 aromatic carbocycles. The van der Waals surface area contributed by atoms with Crippen molar-refractivity contribution in [3.8, 4) is 5.75 Å². The second kappa shape index (κ2) is 6.27. The van der Waals surface area contributed by atoms with Crippen LogP contribution in [0, 0.1) is 12.3 Å². The molecule has 0 aliphatic heterocycles. The van der Waals surface area contributed by atoms with Crippen LogP contribution in [0.4, 0.5) is 5.82 Å². The average molecular weight is 301 g/mol. The third-order valence-electron chi connectivity index (χ3n) is 2.86. The molecule has 0 radical (unpaired) electrons. The highest BCUT2D eigenvalue weighted by Crippen LogP contribution is 2.22. The summed E-state index contributed by atoms with van der Waals surface area (Å²) in [4.78, 5) is 8.70. The maximum Gasteiger partial charge on any atom is 0.173 e. The lowest BCUT2D eigenvalue weighted by molar-refractivity contribution is 0.415. The molecule has 0 bridgehead atoms. The number of hydrogen-bond acceptors (Lipinski definition) is 5. The fourth-order valence-electron chi connectivity index (χ4n) is 1.87. The van der Waals surface area contributed by atoms with Gasteiger partial charge in [-0.1, -0.05) is 12.2 Å². The van der Waals surface area contributed by atoms with Crippen molar-refractivity contribution in [1.82, 2.24) is 9.97 Å². The Kier molecular flexibility index (Phi) is 4.44. The molecule has 0 unspecified atom stereocenters. The van der Waals surface area contributed by atoms with Crippen molar-refractivity contribution >= 4 is 28.9 Å². The van der Waals surface area contributed by atoms with E-state index < -0.39 is 0 Å². The number of nitrogens with two attached hydrogens (primary N) is 1. The van der Waals surface area contributed by atoms with Gasteiger partial charge in [0.1, 0.15) is 16.5 Å². The number of aromatic nitrogens is 2. The first-order chi connectivity index (χ1) is 10.0. The van der Waals surface area contributed by atoms with Gasteiger partial charge in [-0.3, -0.25) is 10.4 Å². The second-order valence-corrected chi connectivity index (χ2v) is 4.68. The average Bonchev–Trinajstić information content (AvgIpc) is 2.47. The van der Waals surface area contributed by atoms with E-state index in [1.165, 1.54) is 0 Å². The Morgan fingerprint density at radius 1 is 1.33 bits per heavy atom. The quantitative estimate of drug-likeness (QED) is 0.453. The third kappa shape index (κ3) is 3.14. The van der Waals surface area contributed by atoms with Crippen molar-refractivity contribution < 1.29 is 4.74 Å². The van der Waals surface area contributed by atoms with E-state index in [0.717, 1.165) is 5.56 Å². The maximum atomic E-state index is 7.61. The first-order valence-electron chi connectivity index (χ1n) is 6.15. The highest BCUT2D eigenvalue weighted by atomic mass is 32.1. The summed E-state index contributed by atoms with van der Waals surface area (Å²) in [5, 5.41) is 10.6. The van der Waals surface area contributed by atoms with E-state index in [1.807, 2.05) is 13.0 Å². The molecule has 0 fully saturated rings. The van der Waals surface area contributed by atoms with Gasteiger partial charge >= 0.3 is 0 Å². The standard InChI is InChI=1S/C14H15N5OS/c1-8-5-7-17-11(12(15)16)10(8)14(21)19-13-9(20-2)4-3-6-18-13/h3-7H,1-2H3,(H3,15,16)(H,18,19,21). The number of hydrogen-bond donors (Lipinski definition) is 3. The van der Waals surface area contributed by atoms with Crippen molar-refractivity contribution in [2.75, 3.05) is 12.4 Å². The number of ether oxygens (including phenoxy) is 1. The maximum absolute atomic E-state index is 7.61. The van der Waals surface area contributed by atoms with E-state index in [4.69, 9.17) is 28.1 Å². The van der Waals surface area contributed by atoms with Gasteiger partial charge in [-0.2, -0.15) is 0 Å². The van der Waals surface area contributed by atoms with Crippen LogP contribution >= 0.6 is 12.2 Å². The Hall–Kier alpha value is -2.54. The van der Waals surface area contributed by atoms with Crippen LogP contribution in [0.2, 0.25) is 0 Å². The molecule has 0 atom stereocenters. The van der Waals surface area contributed by atoms with Gasteiger partial charge in [0.25, 0.3) is 0 Å². The summed E-state index contributed by atoms with van der Waals surface area (Å²) in [6, 6.07) is 5.36. The van der Waals surface area contributed by atoms with Gasteiger partial charge in [-0.25, -0.2) is 4.98 Å². The molecular weight excluding hydrogens is 286 g/mol. The van der Waals surface area contributed by atoms with E-state index in [1.54, 1.807) is 31.6 Å². The summed E-state index contributed by atoms with van der Waals surface area (Å²) >= 11 is 5.41. The Bertz CT molecular complexity index is 702. The summed E-state index contributed by atoms with van der Waals surface area (Å²) in [6.07, 6.45) is 3.23. The Morgan fingerprint density at radius 2 is 2.10 bits per heavy atom. The number of nitrogen functional groups attached to an aromatic ring is 1. The number of pyridine rings is 2. The molecule has 4 N–H and O–H groups in total. The van der Waals surface area contributed by atoms with Crippen molar-refractivity contribution in [3.05, 3.63) is 47.4 Å². The zero-order valence-corrected chi connectivity index (χ0v) is 12.5. The van der Waals surface area contributed by atoms with Gasteiger partial charge in [-0.05, 0) is 30.7 Å². The van der Waals surface area contributed by atoms with Crippen LogP contribution in [0.5, 0.6) is 5.75 Å². The molecule has 2 heterocycles. The highest BCUT2D eigenvalue weighted by Gasteiger charge is 2.16. The molecule has 2 rings (SSSR count). The van der Waals surface area contributed by atoms with Gasteiger partial charge in [-0.15, -0.1) is 0 Å². The summed E-state index contributed by atoms with van der Waals surface area (Å²) < 4.78 is 5.22. The largest absolute Gasteiger partial charge is 0.493 e. The lowest BCUT2D eigenvalue weighted by atomic mass is 10.1. The van der Waals surface area contributed by atoms with Crippen LogP contribution in [-0.2, 0) is 0 Å². The molecule has 0 saturated heterocycles. The third-order valence-corrected chi connectivity index (χ3v) is 3.17. The van der Waals surface area contributed by atoms with Gasteiger partial charge < -0.3 is 15.8 Å². The zero-order valence-electron chi connectivity index (χ0n) is 11.7. The molecule has 6 nitrogen and oxygen atoms in total. The lowest BCUT2D eigenvalue weighted by Crippen LogP contribution is -2.23. The predicted molar refractivity (Wildman–Crippen MR) is 86.1 cm³/mol. The number of rotatable bonds is 4. The van der Waals surface area contributed by atoms with Crippen LogP contribution in [0.15, 0.2) is 30.6 Å². The van der Waals surface area contributed by atoms with Crippen molar-refractivity contribution in [2.45, 2.75) is 6.92 Å². The van der Waals surface area contributed by atoms with Crippen LogP contribution in [0.1, 0.15) is 16.8 Å². The van der Waals surface area contributed by atoms with E-state index in [9.17, 15) is 0 Å². The number of thiocarbonyl (C=S) groups is 1. The molecule has 0 saturated carbocycles. The fourth-order valence-corrected chi connectivity index (χ4v) is 2.22. The van der Waals surface area contributed by atoms with Crippen LogP contribution in [0.3, 0.4) is 0 Å². The minimum atomic E-state index is -0.133. The molecule has 0 amide bonds. The minimum Gasteiger partial charge on any atom is -0.493 e. The van der Waals surface area contributed by atoms with E-state index in [-0.39, 0.29) is 5.84 Å². The predicted octanol–water partition coefficient (Wildman–Crippen LogP) is 1.87. The molecule has 7 heteroatoms. The number of anilines is 1. The minimum absolute atomic E-state index is 0.133. The topological polar surface area (TPSA) is 96.9 Å². The van der Waals surface area contributed by atoms with E-state index in [0.29, 0.717) is 27.8 Å². The lowest BCUT2D eigenvalue weighted by Gasteiger charge is -2.14. The smallest absolute Gasteiger partial charge is 0.173 e. The SMILES string of the molecule is COc1cccnc1NC(=S)c1c(C)ccnc1C(=N)N. The summed E-state index contributed by atoms with van der Waals surface area (Å²) in [5.41, 5.74) is 7.41. The molecule has 0 aliphatic rings. The van der Waals surface area contributed by atoms with Gasteiger partial charge in [0.05, 0.1) is 7.11 Å². The van der Waals surface area contributed by atoms with Crippen molar-refractivity contribution in [1.29, 1.82) is 5.41 Å². The first kappa shape index (κ1) is 14.9. The Morgan fingerprint density at radius 3 is 2.76 bits per heavy atom. The number of methoxy groups -OCH3 is 1. The molecule has 0 aliphatic carbocycles. The summed E-state index contributed by atoms with van der Waals surface area (Å²) in [6.45, 7) is 1.88. The summed E-state index contributed by atoms with van der Waals surface area (Å²) in [7, 11) is 1.56. The normalized spacial score (nSPS) is 10.0. The van der Waals surface area contributed by atoms with Crippen LogP contribution < -0.4 is 15.8 Å². The number of amidine groups is 1. The van der Waals surface area contributed by atoms with E-state index >= 15 is 0 Å². The molecule has 2 aromatic rings. The van der Waals surface area contributed by atoms with Gasteiger partial charge in [0, 0.05) is 18.0 Å². The first-order valence-corrected chi connectivity index (χ1v) is 6.55. The van der Waals surface area contributed by atoms with E-state index in [2.05, 4.69) is 15.3 Å². The Balaban J connectivity index is 2.39. The summed E-state index contributed by atoms with van der Waals surface area (Å²) in [5.74, 6) is 0.944. The van der Waals surface area contributed by atoms with Crippen LogP contribution in [-0.4, -0.2) is 27.9 Å². The molecule has 21 heavy (non-hydrogen) atoms. The number of aryl methyl sites for hydroxylation is 1. The number of nitrogens with one attached hydrogen (secondary N) is 2. The fraction of sp³-hybridized carbons (Fsp3) is 0.143. The molecule has 108 valence electrons. The van der Waals surface area contributed by atoms with Crippen molar-refractivity contribution in [3.63, 3.8) is 0 Å². The van der Waals surface area contributed by atoms with Crippen LogP contribution in [0.25, 0.3) is 0 Å². The van der Waals surface area contributed by atoms with Gasteiger partial charge in [0.2, 0.25) is 0 Å². The highest BCUT2D eigenvalue weighted by molar-refractivity contribution is 7.81. The zero-order chi connectivity index (χ0) is 15.4. The molecule has 0 spiro atoms.